The first-order valence-corrected chi connectivity index (χ1v) is 8.30. The van der Waals surface area contributed by atoms with Crippen LogP contribution in [-0.4, -0.2) is 26.0 Å². The highest BCUT2D eigenvalue weighted by atomic mass is 16.5. The Kier molecular flexibility index (Phi) is 6.60. The summed E-state index contributed by atoms with van der Waals surface area (Å²) in [5.74, 6) is 1.08. The zero-order valence-electron chi connectivity index (χ0n) is 15.5. The van der Waals surface area contributed by atoms with Gasteiger partial charge in [0.2, 0.25) is 5.91 Å². The molecule has 0 saturated heterocycles. The van der Waals surface area contributed by atoms with Gasteiger partial charge in [-0.3, -0.25) is 9.59 Å². The maximum absolute atomic E-state index is 12.5. The molecule has 0 aliphatic rings. The Morgan fingerprint density at radius 2 is 1.73 bits per heavy atom. The van der Waals surface area contributed by atoms with Gasteiger partial charge in [0.05, 0.1) is 20.3 Å². The average Bonchev–Trinajstić information content (AvgIpc) is 2.65. The van der Waals surface area contributed by atoms with Gasteiger partial charge in [0, 0.05) is 30.7 Å². The van der Waals surface area contributed by atoms with E-state index in [2.05, 4.69) is 10.6 Å². The number of hydrogen-bond acceptors (Lipinski definition) is 4. The number of hydrogen-bond donors (Lipinski definition) is 2. The molecule has 6 heteroatoms. The van der Waals surface area contributed by atoms with Crippen molar-refractivity contribution in [3.63, 3.8) is 0 Å². The molecule has 0 heterocycles. The van der Waals surface area contributed by atoms with Gasteiger partial charge < -0.3 is 20.1 Å². The molecule has 0 radical (unpaired) electrons. The minimum atomic E-state index is -0.234. The second-order valence-corrected chi connectivity index (χ2v) is 5.91. The van der Waals surface area contributed by atoms with Gasteiger partial charge in [-0.15, -0.1) is 0 Å². The van der Waals surface area contributed by atoms with Gasteiger partial charge in [-0.2, -0.15) is 0 Å². The smallest absolute Gasteiger partial charge is 0.251 e. The maximum atomic E-state index is 12.5. The van der Waals surface area contributed by atoms with E-state index in [0.717, 1.165) is 11.1 Å². The van der Waals surface area contributed by atoms with E-state index in [0.29, 0.717) is 23.6 Å². The molecule has 26 heavy (non-hydrogen) atoms. The fourth-order valence-electron chi connectivity index (χ4n) is 2.53. The number of methoxy groups -OCH3 is 2. The first-order chi connectivity index (χ1) is 12.4. The Morgan fingerprint density at radius 3 is 2.31 bits per heavy atom. The molecule has 2 rings (SSSR count). The van der Waals surface area contributed by atoms with E-state index in [1.807, 2.05) is 31.2 Å². The molecule has 0 spiro atoms. The number of nitrogens with one attached hydrogen (secondary N) is 2. The third-order valence-corrected chi connectivity index (χ3v) is 4.01. The average molecular weight is 356 g/mol. The van der Waals surface area contributed by atoms with Crippen LogP contribution < -0.4 is 20.1 Å². The van der Waals surface area contributed by atoms with E-state index >= 15 is 0 Å². The first kappa shape index (κ1) is 19.3. The van der Waals surface area contributed by atoms with E-state index in [9.17, 15) is 9.59 Å². The quantitative estimate of drug-likeness (QED) is 0.800. The molecule has 2 amide bonds. The Bertz CT molecular complexity index is 772. The van der Waals surface area contributed by atoms with Gasteiger partial charge >= 0.3 is 0 Å². The summed E-state index contributed by atoms with van der Waals surface area (Å²) >= 11 is 0. The summed E-state index contributed by atoms with van der Waals surface area (Å²) in [5.41, 5.74) is 2.35. The molecule has 1 atom stereocenters. The van der Waals surface area contributed by atoms with Crippen LogP contribution >= 0.6 is 0 Å². The molecule has 0 bridgehead atoms. The zero-order valence-corrected chi connectivity index (χ0v) is 15.5. The standard InChI is InChI=1S/C20H24N2O4/c1-13(18-10-9-17(25-3)11-19(18)26-4)22-20(24)16-7-5-15(6-8-16)12-21-14(2)23/h5-11,13H,12H2,1-4H3,(H,21,23)(H,22,24). The monoisotopic (exact) mass is 356 g/mol. The molecule has 6 nitrogen and oxygen atoms in total. The molecule has 2 aromatic rings. The molecule has 0 aliphatic carbocycles. The van der Waals surface area contributed by atoms with Gasteiger partial charge in [0.1, 0.15) is 11.5 Å². The lowest BCUT2D eigenvalue weighted by Gasteiger charge is -2.18. The molecule has 2 N–H and O–H groups in total. The van der Waals surface area contributed by atoms with Gasteiger partial charge in [-0.25, -0.2) is 0 Å². The van der Waals surface area contributed by atoms with Crippen molar-refractivity contribution in [1.82, 2.24) is 10.6 Å². The van der Waals surface area contributed by atoms with Gasteiger partial charge in [-0.05, 0) is 36.8 Å². The maximum Gasteiger partial charge on any atom is 0.251 e. The molecule has 2 aromatic carbocycles. The minimum absolute atomic E-state index is 0.0888. The summed E-state index contributed by atoms with van der Waals surface area (Å²) in [6.45, 7) is 3.81. The molecular formula is C20H24N2O4. The fourth-order valence-corrected chi connectivity index (χ4v) is 2.53. The Balaban J connectivity index is 2.06. The molecule has 138 valence electrons. The van der Waals surface area contributed by atoms with Crippen LogP contribution in [0, 0.1) is 0 Å². The second kappa shape index (κ2) is 8.89. The van der Waals surface area contributed by atoms with Crippen molar-refractivity contribution in [2.24, 2.45) is 0 Å². The third kappa shape index (κ3) is 4.99. The highest BCUT2D eigenvalue weighted by Gasteiger charge is 2.16. The van der Waals surface area contributed by atoms with Gasteiger partial charge in [-0.1, -0.05) is 12.1 Å². The Morgan fingerprint density at radius 1 is 1.04 bits per heavy atom. The summed E-state index contributed by atoms with van der Waals surface area (Å²) < 4.78 is 10.6. The Hall–Kier alpha value is -3.02. The van der Waals surface area contributed by atoms with E-state index in [1.165, 1.54) is 6.92 Å². The summed E-state index contributed by atoms with van der Waals surface area (Å²) in [5, 5.41) is 5.69. The molecule has 0 aromatic heterocycles. The van der Waals surface area contributed by atoms with Crippen LogP contribution in [0.5, 0.6) is 11.5 Å². The van der Waals surface area contributed by atoms with Crippen LogP contribution in [0.4, 0.5) is 0 Å². The summed E-state index contributed by atoms with van der Waals surface area (Å²) in [7, 11) is 3.18. The molecular weight excluding hydrogens is 332 g/mol. The first-order valence-electron chi connectivity index (χ1n) is 8.30. The summed E-state index contributed by atoms with van der Waals surface area (Å²) in [4.78, 5) is 23.4. The van der Waals surface area contributed by atoms with Crippen molar-refractivity contribution in [2.45, 2.75) is 26.4 Å². The van der Waals surface area contributed by atoms with Crippen molar-refractivity contribution in [3.8, 4) is 11.5 Å². The Labute approximate surface area is 153 Å². The van der Waals surface area contributed by atoms with Crippen LogP contribution in [0.3, 0.4) is 0 Å². The molecule has 0 fully saturated rings. The molecule has 0 saturated carbocycles. The molecule has 0 aliphatic heterocycles. The predicted molar refractivity (Wildman–Crippen MR) is 99.4 cm³/mol. The number of ether oxygens (including phenoxy) is 2. The van der Waals surface area contributed by atoms with Crippen LogP contribution in [0.1, 0.15) is 41.4 Å². The van der Waals surface area contributed by atoms with E-state index in [1.54, 1.807) is 32.4 Å². The highest BCUT2D eigenvalue weighted by Crippen LogP contribution is 2.29. The summed E-state index contributed by atoms with van der Waals surface area (Å²) in [6.07, 6.45) is 0. The highest BCUT2D eigenvalue weighted by molar-refractivity contribution is 5.94. The number of rotatable bonds is 7. The van der Waals surface area contributed by atoms with Crippen LogP contribution in [0.25, 0.3) is 0 Å². The van der Waals surface area contributed by atoms with Gasteiger partial charge in [0.15, 0.2) is 0 Å². The zero-order chi connectivity index (χ0) is 19.1. The largest absolute Gasteiger partial charge is 0.497 e. The van der Waals surface area contributed by atoms with Crippen molar-refractivity contribution >= 4 is 11.8 Å². The lowest BCUT2D eigenvalue weighted by molar-refractivity contribution is -0.119. The van der Waals surface area contributed by atoms with Crippen molar-refractivity contribution < 1.29 is 19.1 Å². The predicted octanol–water partition coefficient (Wildman–Crippen LogP) is 2.83. The van der Waals surface area contributed by atoms with E-state index in [4.69, 9.17) is 9.47 Å². The number of benzene rings is 2. The van der Waals surface area contributed by atoms with E-state index in [-0.39, 0.29) is 17.9 Å². The number of carbonyl (C=O) groups excluding carboxylic acids is 2. The molecule has 1 unspecified atom stereocenters. The van der Waals surface area contributed by atoms with Crippen molar-refractivity contribution in [3.05, 3.63) is 59.2 Å². The third-order valence-electron chi connectivity index (χ3n) is 4.01. The second-order valence-electron chi connectivity index (χ2n) is 5.91. The van der Waals surface area contributed by atoms with Crippen LogP contribution in [0.15, 0.2) is 42.5 Å². The van der Waals surface area contributed by atoms with Crippen LogP contribution in [0.2, 0.25) is 0 Å². The van der Waals surface area contributed by atoms with Gasteiger partial charge in [0.25, 0.3) is 5.91 Å². The van der Waals surface area contributed by atoms with E-state index < -0.39 is 0 Å². The lowest BCUT2D eigenvalue weighted by atomic mass is 10.1. The van der Waals surface area contributed by atoms with Crippen molar-refractivity contribution in [2.75, 3.05) is 14.2 Å². The number of amides is 2. The van der Waals surface area contributed by atoms with Crippen molar-refractivity contribution in [1.29, 1.82) is 0 Å². The van der Waals surface area contributed by atoms with Crippen LogP contribution in [-0.2, 0) is 11.3 Å². The SMILES string of the molecule is COc1ccc(C(C)NC(=O)c2ccc(CNC(C)=O)cc2)c(OC)c1. The normalized spacial score (nSPS) is 11.4. The fraction of sp³-hybridized carbons (Fsp3) is 0.300. The number of carbonyl (C=O) groups is 2. The summed E-state index contributed by atoms with van der Waals surface area (Å²) in [6, 6.07) is 12.4. The minimum Gasteiger partial charge on any atom is -0.497 e. The topological polar surface area (TPSA) is 76.7 Å². The lowest BCUT2D eigenvalue weighted by Crippen LogP contribution is -2.27.